The number of aromatic nitrogens is 2. The summed E-state index contributed by atoms with van der Waals surface area (Å²) in [5.74, 6) is -0.0472. The number of carbonyl (C=O) groups is 2. The summed E-state index contributed by atoms with van der Waals surface area (Å²) in [5.41, 5.74) is 1.95. The zero-order valence-electron chi connectivity index (χ0n) is 12.7. The van der Waals surface area contributed by atoms with Crippen LogP contribution in [-0.4, -0.2) is 21.8 Å². The Balaban J connectivity index is 1.57. The molecule has 118 valence electrons. The van der Waals surface area contributed by atoms with Gasteiger partial charge < -0.3 is 10.6 Å². The summed E-state index contributed by atoms with van der Waals surface area (Å²) in [6.45, 7) is 0.364. The van der Waals surface area contributed by atoms with Crippen molar-refractivity contribution >= 4 is 17.5 Å². The molecule has 3 rings (SSSR count). The molecule has 1 heterocycles. The standard InChI is InChI=1S/C17H18N4O2/c22-16(13-4-2-5-13)21-14-6-1-3-12(9-14)10-20-17(23)15-11-18-7-8-19-15/h1,3,6-9,11,13H,2,4-5,10H2,(H,20,23)(H,21,22). The van der Waals surface area contributed by atoms with Gasteiger partial charge in [0.15, 0.2) is 0 Å². The lowest BCUT2D eigenvalue weighted by Crippen LogP contribution is -2.28. The molecule has 0 aliphatic heterocycles. The molecule has 2 N–H and O–H groups in total. The molecule has 2 aromatic rings. The molecule has 0 atom stereocenters. The maximum absolute atomic E-state index is 12.0. The molecule has 1 saturated carbocycles. The van der Waals surface area contributed by atoms with Crippen molar-refractivity contribution in [3.05, 3.63) is 54.1 Å². The molecule has 2 amide bonds. The molecule has 0 bridgehead atoms. The van der Waals surface area contributed by atoms with E-state index in [0.29, 0.717) is 6.54 Å². The predicted molar refractivity (Wildman–Crippen MR) is 85.6 cm³/mol. The van der Waals surface area contributed by atoms with Crippen LogP contribution in [-0.2, 0) is 11.3 Å². The zero-order valence-corrected chi connectivity index (χ0v) is 12.7. The third-order valence-electron chi connectivity index (χ3n) is 3.92. The highest BCUT2D eigenvalue weighted by Gasteiger charge is 2.25. The lowest BCUT2D eigenvalue weighted by Gasteiger charge is -2.24. The first-order valence-electron chi connectivity index (χ1n) is 7.66. The van der Waals surface area contributed by atoms with Gasteiger partial charge >= 0.3 is 0 Å². The first kappa shape index (κ1) is 15.1. The summed E-state index contributed by atoms with van der Waals surface area (Å²) in [5, 5.41) is 5.72. The van der Waals surface area contributed by atoms with Gasteiger partial charge in [-0.15, -0.1) is 0 Å². The van der Waals surface area contributed by atoms with Gasteiger partial charge in [0.05, 0.1) is 6.20 Å². The van der Waals surface area contributed by atoms with E-state index in [0.717, 1.165) is 30.5 Å². The van der Waals surface area contributed by atoms with E-state index in [1.165, 1.54) is 18.6 Å². The van der Waals surface area contributed by atoms with Crippen molar-refractivity contribution in [2.75, 3.05) is 5.32 Å². The molecule has 1 aromatic carbocycles. The van der Waals surface area contributed by atoms with Gasteiger partial charge in [-0.3, -0.25) is 14.6 Å². The van der Waals surface area contributed by atoms with E-state index < -0.39 is 0 Å². The normalized spacial score (nSPS) is 13.9. The third kappa shape index (κ3) is 3.91. The quantitative estimate of drug-likeness (QED) is 0.886. The average molecular weight is 310 g/mol. The first-order valence-corrected chi connectivity index (χ1v) is 7.66. The van der Waals surface area contributed by atoms with Crippen molar-refractivity contribution in [2.45, 2.75) is 25.8 Å². The van der Waals surface area contributed by atoms with Crippen molar-refractivity contribution < 1.29 is 9.59 Å². The molecule has 1 aliphatic rings. The Bertz CT molecular complexity index is 699. The lowest BCUT2D eigenvalue weighted by atomic mass is 9.85. The molecule has 0 unspecified atom stereocenters. The van der Waals surface area contributed by atoms with Crippen molar-refractivity contribution in [3.8, 4) is 0 Å². The van der Waals surface area contributed by atoms with E-state index >= 15 is 0 Å². The second-order valence-corrected chi connectivity index (χ2v) is 5.59. The molecule has 23 heavy (non-hydrogen) atoms. The van der Waals surface area contributed by atoms with E-state index in [-0.39, 0.29) is 23.4 Å². The Morgan fingerprint density at radius 2 is 2.09 bits per heavy atom. The summed E-state index contributed by atoms with van der Waals surface area (Å²) < 4.78 is 0. The Kier molecular flexibility index (Phi) is 4.61. The Morgan fingerprint density at radius 3 is 2.78 bits per heavy atom. The van der Waals surface area contributed by atoms with Gasteiger partial charge in [-0.25, -0.2) is 4.98 Å². The fraction of sp³-hybridized carbons (Fsp3) is 0.294. The molecular formula is C17H18N4O2. The van der Waals surface area contributed by atoms with Crippen LogP contribution in [0.2, 0.25) is 0 Å². The van der Waals surface area contributed by atoms with Crippen molar-refractivity contribution in [3.63, 3.8) is 0 Å². The molecule has 6 nitrogen and oxygen atoms in total. The van der Waals surface area contributed by atoms with Crippen molar-refractivity contribution in [1.29, 1.82) is 0 Å². The molecule has 0 radical (unpaired) electrons. The topological polar surface area (TPSA) is 84.0 Å². The maximum Gasteiger partial charge on any atom is 0.271 e. The van der Waals surface area contributed by atoms with E-state index in [1.807, 2.05) is 24.3 Å². The van der Waals surface area contributed by atoms with Gasteiger partial charge in [0, 0.05) is 30.5 Å². The summed E-state index contributed by atoms with van der Waals surface area (Å²) in [7, 11) is 0. The number of amides is 2. The minimum Gasteiger partial charge on any atom is -0.347 e. The van der Waals surface area contributed by atoms with Gasteiger partial charge in [0.1, 0.15) is 5.69 Å². The third-order valence-corrected chi connectivity index (χ3v) is 3.92. The molecule has 1 aromatic heterocycles. The molecule has 0 saturated heterocycles. The molecular weight excluding hydrogens is 292 g/mol. The fourth-order valence-electron chi connectivity index (χ4n) is 2.36. The van der Waals surface area contributed by atoms with Crippen LogP contribution in [0.4, 0.5) is 5.69 Å². The van der Waals surface area contributed by atoms with Gasteiger partial charge in [-0.1, -0.05) is 18.6 Å². The Morgan fingerprint density at radius 1 is 1.22 bits per heavy atom. The van der Waals surface area contributed by atoms with Crippen LogP contribution in [0.3, 0.4) is 0 Å². The number of benzene rings is 1. The van der Waals surface area contributed by atoms with E-state index in [4.69, 9.17) is 0 Å². The van der Waals surface area contributed by atoms with Gasteiger partial charge in [0.25, 0.3) is 5.91 Å². The highest BCUT2D eigenvalue weighted by atomic mass is 16.2. The summed E-state index contributed by atoms with van der Waals surface area (Å²) >= 11 is 0. The van der Waals surface area contributed by atoms with Crippen LogP contribution in [0.15, 0.2) is 42.9 Å². The predicted octanol–water partition coefficient (Wildman–Crippen LogP) is 2.15. The first-order chi connectivity index (χ1) is 11.2. The molecule has 6 heteroatoms. The summed E-state index contributed by atoms with van der Waals surface area (Å²) in [4.78, 5) is 31.7. The largest absolute Gasteiger partial charge is 0.347 e. The second kappa shape index (κ2) is 7.00. The van der Waals surface area contributed by atoms with E-state index in [2.05, 4.69) is 20.6 Å². The van der Waals surface area contributed by atoms with Crippen LogP contribution < -0.4 is 10.6 Å². The lowest BCUT2D eigenvalue weighted by molar-refractivity contribution is -0.122. The summed E-state index contributed by atoms with van der Waals surface area (Å²) in [6, 6.07) is 7.48. The zero-order chi connectivity index (χ0) is 16.1. The van der Waals surface area contributed by atoms with Crippen LogP contribution >= 0.6 is 0 Å². The number of nitrogens with one attached hydrogen (secondary N) is 2. The van der Waals surface area contributed by atoms with Crippen LogP contribution in [0.1, 0.15) is 35.3 Å². The highest BCUT2D eigenvalue weighted by molar-refractivity contribution is 5.93. The molecule has 1 fully saturated rings. The smallest absolute Gasteiger partial charge is 0.271 e. The minimum atomic E-state index is -0.276. The van der Waals surface area contributed by atoms with Gasteiger partial charge in [-0.05, 0) is 30.5 Å². The molecule has 0 spiro atoms. The van der Waals surface area contributed by atoms with Crippen LogP contribution in [0.5, 0.6) is 0 Å². The Labute approximate surface area is 134 Å². The average Bonchev–Trinajstić information content (AvgIpc) is 2.52. The molecule has 1 aliphatic carbocycles. The van der Waals surface area contributed by atoms with Gasteiger partial charge in [-0.2, -0.15) is 0 Å². The van der Waals surface area contributed by atoms with Crippen LogP contribution in [0.25, 0.3) is 0 Å². The highest BCUT2D eigenvalue weighted by Crippen LogP contribution is 2.27. The van der Waals surface area contributed by atoms with Crippen LogP contribution in [0, 0.1) is 5.92 Å². The van der Waals surface area contributed by atoms with Gasteiger partial charge in [0.2, 0.25) is 5.91 Å². The minimum absolute atomic E-state index is 0.0806. The van der Waals surface area contributed by atoms with E-state index in [9.17, 15) is 9.59 Å². The SMILES string of the molecule is O=C(NCc1cccc(NC(=O)C2CCC2)c1)c1cnccn1. The summed E-state index contributed by atoms with van der Waals surface area (Å²) in [6.07, 6.45) is 7.49. The monoisotopic (exact) mass is 310 g/mol. The van der Waals surface area contributed by atoms with Crippen molar-refractivity contribution in [1.82, 2.24) is 15.3 Å². The van der Waals surface area contributed by atoms with Crippen molar-refractivity contribution in [2.24, 2.45) is 5.92 Å². The number of carbonyl (C=O) groups excluding carboxylic acids is 2. The number of nitrogens with zero attached hydrogens (tertiary/aromatic N) is 2. The van der Waals surface area contributed by atoms with E-state index in [1.54, 1.807) is 0 Å². The number of hydrogen-bond acceptors (Lipinski definition) is 4. The number of anilines is 1. The number of rotatable bonds is 5. The Hall–Kier alpha value is -2.76. The fourth-order valence-corrected chi connectivity index (χ4v) is 2.36. The number of hydrogen-bond donors (Lipinski definition) is 2. The maximum atomic E-state index is 12.0. The second-order valence-electron chi connectivity index (χ2n) is 5.59.